The van der Waals surface area contributed by atoms with E-state index in [9.17, 15) is 9.18 Å². The Labute approximate surface area is 146 Å². The van der Waals surface area contributed by atoms with Gasteiger partial charge in [-0.05, 0) is 24.3 Å². The second kappa shape index (κ2) is 5.89. The molecule has 0 aliphatic heterocycles. The summed E-state index contributed by atoms with van der Waals surface area (Å²) in [4.78, 5) is 19.1. The number of benzene rings is 2. The van der Waals surface area contributed by atoms with Crippen molar-refractivity contribution in [1.29, 1.82) is 0 Å². The van der Waals surface area contributed by atoms with Crippen molar-refractivity contribution in [3.05, 3.63) is 69.0 Å². The van der Waals surface area contributed by atoms with Gasteiger partial charge in [0.25, 0.3) is 5.56 Å². The summed E-state index contributed by atoms with van der Waals surface area (Å²) in [5.41, 5.74) is 2.12. The number of hydrogen-bond donors (Lipinski definition) is 2. The van der Waals surface area contributed by atoms with Crippen molar-refractivity contribution < 1.29 is 8.81 Å². The molecule has 0 saturated carbocycles. The molecule has 4 aromatic rings. The maximum atomic E-state index is 14.2. The number of nitrogens with one attached hydrogen (secondary N) is 2. The number of pyridine rings is 1. The topological polar surface area (TPSA) is 70.9 Å². The lowest BCUT2D eigenvalue weighted by atomic mass is 10.1. The van der Waals surface area contributed by atoms with Gasteiger partial charge in [0, 0.05) is 47.1 Å². The van der Waals surface area contributed by atoms with Gasteiger partial charge < -0.3 is 14.7 Å². The van der Waals surface area contributed by atoms with Gasteiger partial charge in [0.15, 0.2) is 11.5 Å². The lowest BCUT2D eigenvalue weighted by molar-refractivity contribution is 0.560. The third-order valence-electron chi connectivity index (χ3n) is 3.94. The maximum absolute atomic E-state index is 14.2. The molecule has 0 fully saturated rings. The summed E-state index contributed by atoms with van der Waals surface area (Å²) in [7, 11) is 0. The highest BCUT2D eigenvalue weighted by Crippen LogP contribution is 2.24. The molecule has 2 aromatic carbocycles. The average molecular weight is 358 g/mol. The third-order valence-corrected chi connectivity index (χ3v) is 4.17. The van der Waals surface area contributed by atoms with Gasteiger partial charge >= 0.3 is 0 Å². The van der Waals surface area contributed by atoms with Crippen LogP contribution in [-0.2, 0) is 6.54 Å². The monoisotopic (exact) mass is 357 g/mol. The molecule has 0 atom stereocenters. The van der Waals surface area contributed by atoms with Crippen molar-refractivity contribution in [3.8, 4) is 0 Å². The molecule has 2 aromatic heterocycles. The number of halogens is 2. The summed E-state index contributed by atoms with van der Waals surface area (Å²) in [6, 6.07) is 9.80. The Kier molecular flexibility index (Phi) is 3.69. The predicted molar refractivity (Wildman–Crippen MR) is 95.6 cm³/mol. The van der Waals surface area contributed by atoms with Gasteiger partial charge in [-0.2, -0.15) is 0 Å². The predicted octanol–water partition coefficient (Wildman–Crippen LogP) is 4.38. The quantitative estimate of drug-likeness (QED) is 0.570. The lowest BCUT2D eigenvalue weighted by Crippen LogP contribution is -2.16. The molecule has 126 valence electrons. The highest BCUT2D eigenvalue weighted by molar-refractivity contribution is 6.31. The molecule has 0 saturated heterocycles. The van der Waals surface area contributed by atoms with Crippen LogP contribution < -0.4 is 10.9 Å². The van der Waals surface area contributed by atoms with E-state index in [-0.39, 0.29) is 17.8 Å². The SMILES string of the molecule is Cc1nc2cc(F)c(NCc3cc4cc(Cl)ccc4[nH]c3=O)cc2o1. The number of H-pyrrole nitrogens is 1. The summed E-state index contributed by atoms with van der Waals surface area (Å²) < 4.78 is 19.6. The molecule has 7 heteroatoms. The van der Waals surface area contributed by atoms with Crippen LogP contribution in [0.25, 0.3) is 22.0 Å². The highest BCUT2D eigenvalue weighted by Gasteiger charge is 2.10. The zero-order valence-electron chi connectivity index (χ0n) is 13.2. The van der Waals surface area contributed by atoms with E-state index in [2.05, 4.69) is 15.3 Å². The lowest BCUT2D eigenvalue weighted by Gasteiger charge is -2.08. The molecule has 0 radical (unpaired) electrons. The standard InChI is InChI=1S/C18H13ClFN3O2/c1-9-22-16-6-13(20)15(7-17(16)25-9)21-8-11-4-10-5-12(19)2-3-14(10)23-18(11)24/h2-7,21H,8H2,1H3,(H,23,24). The fraction of sp³-hybridized carbons (Fsp3) is 0.111. The second-order valence-electron chi connectivity index (χ2n) is 5.74. The third kappa shape index (κ3) is 2.96. The molecule has 25 heavy (non-hydrogen) atoms. The summed E-state index contributed by atoms with van der Waals surface area (Å²) in [6.45, 7) is 1.86. The fourth-order valence-corrected chi connectivity index (χ4v) is 2.92. The minimum atomic E-state index is -0.457. The first kappa shape index (κ1) is 15.7. The summed E-state index contributed by atoms with van der Waals surface area (Å²) in [5, 5.41) is 4.33. The number of aromatic nitrogens is 2. The van der Waals surface area contributed by atoms with E-state index >= 15 is 0 Å². The largest absolute Gasteiger partial charge is 0.441 e. The molecule has 0 amide bonds. The van der Waals surface area contributed by atoms with Crippen LogP contribution in [0, 0.1) is 12.7 Å². The van der Waals surface area contributed by atoms with Crippen molar-refractivity contribution >= 4 is 39.3 Å². The first-order chi connectivity index (χ1) is 12.0. The normalized spacial score (nSPS) is 11.3. The Bertz CT molecular complexity index is 1170. The maximum Gasteiger partial charge on any atom is 0.253 e. The number of hydrogen-bond acceptors (Lipinski definition) is 4. The molecular formula is C18H13ClFN3O2. The molecule has 0 aliphatic carbocycles. The van der Waals surface area contributed by atoms with Crippen molar-refractivity contribution in [3.63, 3.8) is 0 Å². The van der Waals surface area contributed by atoms with E-state index in [4.69, 9.17) is 16.0 Å². The highest BCUT2D eigenvalue weighted by atomic mass is 35.5. The van der Waals surface area contributed by atoms with E-state index in [1.54, 1.807) is 31.2 Å². The Morgan fingerprint density at radius 3 is 2.96 bits per heavy atom. The summed E-state index contributed by atoms with van der Waals surface area (Å²) in [6.07, 6.45) is 0. The van der Waals surface area contributed by atoms with E-state index in [0.29, 0.717) is 33.1 Å². The second-order valence-corrected chi connectivity index (χ2v) is 6.18. The van der Waals surface area contributed by atoms with Crippen molar-refractivity contribution in [1.82, 2.24) is 9.97 Å². The minimum absolute atomic E-state index is 0.160. The van der Waals surface area contributed by atoms with Crippen LogP contribution in [-0.4, -0.2) is 9.97 Å². The molecular weight excluding hydrogens is 345 g/mol. The zero-order chi connectivity index (χ0) is 17.6. The first-order valence-electron chi connectivity index (χ1n) is 7.61. The minimum Gasteiger partial charge on any atom is -0.441 e. The average Bonchev–Trinajstić information content (AvgIpc) is 2.92. The van der Waals surface area contributed by atoms with Gasteiger partial charge in [-0.25, -0.2) is 9.37 Å². The first-order valence-corrected chi connectivity index (χ1v) is 7.99. The van der Waals surface area contributed by atoms with Crippen molar-refractivity contribution in [2.75, 3.05) is 5.32 Å². The van der Waals surface area contributed by atoms with Gasteiger partial charge in [0.2, 0.25) is 0 Å². The molecule has 0 bridgehead atoms. The zero-order valence-corrected chi connectivity index (χ0v) is 13.9. The Morgan fingerprint density at radius 2 is 2.12 bits per heavy atom. The Hall–Kier alpha value is -2.86. The van der Waals surface area contributed by atoms with Crippen molar-refractivity contribution in [2.24, 2.45) is 0 Å². The van der Waals surface area contributed by atoms with Gasteiger partial charge in [0.1, 0.15) is 11.3 Å². The van der Waals surface area contributed by atoms with Crippen LogP contribution in [0.1, 0.15) is 11.5 Å². The van der Waals surface area contributed by atoms with E-state index in [1.165, 1.54) is 12.1 Å². The molecule has 0 unspecified atom stereocenters. The molecule has 5 nitrogen and oxygen atoms in total. The van der Waals surface area contributed by atoms with Gasteiger partial charge in [-0.15, -0.1) is 0 Å². The number of oxazole rings is 1. The Morgan fingerprint density at radius 1 is 1.28 bits per heavy atom. The summed E-state index contributed by atoms with van der Waals surface area (Å²) in [5.74, 6) is 0.00969. The number of aromatic amines is 1. The van der Waals surface area contributed by atoms with E-state index in [1.807, 2.05) is 0 Å². The van der Waals surface area contributed by atoms with Crippen LogP contribution in [0.15, 0.2) is 45.6 Å². The Balaban J connectivity index is 1.66. The number of aryl methyl sites for hydroxylation is 1. The number of anilines is 1. The van der Waals surface area contributed by atoms with Crippen LogP contribution in [0.2, 0.25) is 5.02 Å². The smallest absolute Gasteiger partial charge is 0.253 e. The number of rotatable bonds is 3. The summed E-state index contributed by atoms with van der Waals surface area (Å²) >= 11 is 5.99. The van der Waals surface area contributed by atoms with Crippen molar-refractivity contribution in [2.45, 2.75) is 13.5 Å². The van der Waals surface area contributed by atoms with E-state index < -0.39 is 5.82 Å². The van der Waals surface area contributed by atoms with Crippen LogP contribution in [0.5, 0.6) is 0 Å². The fourth-order valence-electron chi connectivity index (χ4n) is 2.74. The molecule has 0 spiro atoms. The van der Waals surface area contributed by atoms with E-state index in [0.717, 1.165) is 5.39 Å². The molecule has 2 N–H and O–H groups in total. The van der Waals surface area contributed by atoms with Crippen LogP contribution in [0.3, 0.4) is 0 Å². The van der Waals surface area contributed by atoms with Gasteiger partial charge in [0.05, 0.1) is 5.69 Å². The molecule has 0 aliphatic rings. The number of fused-ring (bicyclic) bond motifs is 2. The van der Waals surface area contributed by atoms with Crippen LogP contribution >= 0.6 is 11.6 Å². The molecule has 4 rings (SSSR count). The van der Waals surface area contributed by atoms with Gasteiger partial charge in [-0.1, -0.05) is 11.6 Å². The molecule has 2 heterocycles. The number of nitrogens with zero attached hydrogens (tertiary/aromatic N) is 1. The van der Waals surface area contributed by atoms with Gasteiger partial charge in [-0.3, -0.25) is 4.79 Å². The van der Waals surface area contributed by atoms with Crippen LogP contribution in [0.4, 0.5) is 10.1 Å².